The van der Waals surface area contributed by atoms with Crippen LogP contribution in [0, 0.1) is 0 Å². The number of allylic oxidation sites excluding steroid dienone is 6. The molecule has 2 aliphatic rings. The lowest BCUT2D eigenvalue weighted by atomic mass is 9.74. The number of hydrogen-bond donors (Lipinski definition) is 6. The van der Waals surface area contributed by atoms with E-state index < -0.39 is 109 Å². The average molecular weight is 1130 g/mol. The summed E-state index contributed by atoms with van der Waals surface area (Å²) in [6.45, 7) is 5.33. The summed E-state index contributed by atoms with van der Waals surface area (Å²) in [7, 11) is -28.2. The summed E-state index contributed by atoms with van der Waals surface area (Å²) in [6, 6.07) is 8.96. The molecular weight excluding hydrogens is 1080 g/mol. The van der Waals surface area contributed by atoms with Gasteiger partial charge >= 0.3 is 5.97 Å². The Morgan fingerprint density at radius 1 is 0.616 bits per heavy atom. The fraction of sp³-hybridized carbons (Fsp3) is 0.378. The third-order valence-electron chi connectivity index (χ3n) is 12.9. The largest absolute Gasteiger partial charge is 0.469 e. The molecule has 4 aromatic carbocycles. The Bertz CT molecular complexity index is 3770. The number of fused-ring (bicyclic) bond motifs is 6. The minimum absolute atomic E-state index is 0.0361. The van der Waals surface area contributed by atoms with E-state index in [0.717, 1.165) is 12.1 Å². The Morgan fingerprint density at radius 3 is 1.67 bits per heavy atom. The van der Waals surface area contributed by atoms with Gasteiger partial charge in [-0.2, -0.15) is 55.1 Å². The Hall–Kier alpha value is -4.98. The van der Waals surface area contributed by atoms with Crippen molar-refractivity contribution in [1.29, 1.82) is 0 Å². The predicted molar refractivity (Wildman–Crippen MR) is 268 cm³/mol. The summed E-state index contributed by atoms with van der Waals surface area (Å²) < 4.78 is 215. The van der Waals surface area contributed by atoms with Crippen LogP contribution in [-0.4, -0.2) is 126 Å². The predicted octanol–water partition coefficient (Wildman–Crippen LogP) is 5.81. The maximum Gasteiger partial charge on any atom is 0.305 e. The highest BCUT2D eigenvalue weighted by Crippen LogP contribution is 2.52. The van der Waals surface area contributed by atoms with Gasteiger partial charge < -0.3 is 9.64 Å². The van der Waals surface area contributed by atoms with Crippen LogP contribution in [0.1, 0.15) is 76.8 Å². The van der Waals surface area contributed by atoms with E-state index in [1.54, 1.807) is 61.8 Å². The molecule has 0 saturated heterocycles. The molecule has 0 aliphatic carbocycles. The first-order valence-corrected chi connectivity index (χ1v) is 31.1. The van der Waals surface area contributed by atoms with Crippen molar-refractivity contribution < 1.29 is 91.9 Å². The molecule has 0 bridgehead atoms. The maximum absolute atomic E-state index is 12.7. The van der Waals surface area contributed by atoms with Gasteiger partial charge in [0.1, 0.15) is 16.3 Å². The summed E-state index contributed by atoms with van der Waals surface area (Å²) >= 11 is 0. The van der Waals surface area contributed by atoms with Crippen molar-refractivity contribution in [1.82, 2.24) is 0 Å². The molecule has 0 aromatic heterocycles. The Balaban J connectivity index is 1.53. The lowest BCUT2D eigenvalue weighted by Crippen LogP contribution is -2.32. The summed E-state index contributed by atoms with van der Waals surface area (Å²) in [5, 5.41) is -0.265. The number of methoxy groups -OCH3 is 1. The van der Waals surface area contributed by atoms with E-state index >= 15 is 0 Å². The van der Waals surface area contributed by atoms with Gasteiger partial charge in [-0.25, -0.2) is 0 Å². The van der Waals surface area contributed by atoms with Crippen LogP contribution in [0.25, 0.3) is 21.5 Å². The van der Waals surface area contributed by atoms with Crippen LogP contribution >= 0.6 is 0 Å². The molecular formula is C45H53N2O20S6+. The van der Waals surface area contributed by atoms with E-state index in [0.29, 0.717) is 60.6 Å². The van der Waals surface area contributed by atoms with Gasteiger partial charge in [0.15, 0.2) is 5.71 Å². The zero-order valence-corrected chi connectivity index (χ0v) is 44.4. The summed E-state index contributed by atoms with van der Waals surface area (Å²) in [5.74, 6) is -1.88. The highest BCUT2D eigenvalue weighted by atomic mass is 32.2. The van der Waals surface area contributed by atoms with Gasteiger partial charge in [-0.3, -0.25) is 32.1 Å². The van der Waals surface area contributed by atoms with Crippen molar-refractivity contribution in [2.45, 2.75) is 96.1 Å². The second-order valence-corrected chi connectivity index (χ2v) is 27.0. The Morgan fingerprint density at radius 2 is 1.15 bits per heavy atom. The normalized spacial score (nSPS) is 18.2. The molecule has 73 heavy (non-hydrogen) atoms. The summed E-state index contributed by atoms with van der Waals surface area (Å²) in [6.07, 6.45) is 9.13. The molecule has 0 saturated carbocycles. The number of benzene rings is 4. The molecule has 22 nitrogen and oxygen atoms in total. The van der Waals surface area contributed by atoms with Gasteiger partial charge in [0, 0.05) is 64.7 Å². The molecule has 6 N–H and O–H groups in total. The molecule has 0 spiro atoms. The molecule has 28 heteroatoms. The molecule has 0 fully saturated rings. The zero-order valence-electron chi connectivity index (χ0n) is 39.5. The van der Waals surface area contributed by atoms with Crippen molar-refractivity contribution in [3.05, 3.63) is 95.7 Å². The van der Waals surface area contributed by atoms with Gasteiger partial charge in [-0.15, -0.1) is 0 Å². The van der Waals surface area contributed by atoms with E-state index in [-0.39, 0.29) is 65.0 Å². The van der Waals surface area contributed by atoms with Crippen LogP contribution < -0.4 is 4.90 Å². The van der Waals surface area contributed by atoms with Crippen LogP contribution in [0.15, 0.2) is 104 Å². The lowest BCUT2D eigenvalue weighted by molar-refractivity contribution is -0.437. The van der Waals surface area contributed by atoms with Gasteiger partial charge in [0.25, 0.3) is 60.7 Å². The van der Waals surface area contributed by atoms with Crippen molar-refractivity contribution in [2.75, 3.05) is 36.6 Å². The standard InChI is InChI=1S/C45H52N2O20S6/c1-44(2)39(46(21-10-6-9-15-41(48)67-4)35-18-16-31-33(42(35)44)25-29(70(55,56)57)27-37(31)72(61,62)63)13-7-5-8-14-40-45(3,20-11-23-68(49,50)51)43-34-26-30(71(58,59)60)28-38(73(64,65)66)32(34)17-19-36(43)47(40)22-12-24-69(52,53)54/h5,7-8,13-14,16-19,25-28H,6,9-12,15,20-24H2,1-4H3,(H5-,49,50,51,52,53,54,55,56,57,58,59,60,61,62,63,64,65,66)/p+1. The van der Waals surface area contributed by atoms with Gasteiger partial charge in [0.2, 0.25) is 5.69 Å². The van der Waals surface area contributed by atoms with Crippen molar-refractivity contribution in [3.8, 4) is 0 Å². The third kappa shape index (κ3) is 12.6. The number of nitrogens with zero attached hydrogens (tertiary/aromatic N) is 2. The van der Waals surface area contributed by atoms with Crippen LogP contribution in [0.4, 0.5) is 11.4 Å². The van der Waals surface area contributed by atoms with Gasteiger partial charge in [0.05, 0.1) is 33.8 Å². The highest BCUT2D eigenvalue weighted by molar-refractivity contribution is 7.87. The van der Waals surface area contributed by atoms with E-state index in [1.165, 1.54) is 25.3 Å². The Labute approximate surface area is 423 Å². The Kier molecular flexibility index (Phi) is 16.2. The van der Waals surface area contributed by atoms with E-state index in [9.17, 15) is 82.6 Å². The monoisotopic (exact) mass is 1130 g/mol. The first-order chi connectivity index (χ1) is 33.5. The second-order valence-electron chi connectivity index (χ2n) is 18.2. The number of carbonyl (C=O) groups excluding carboxylic acids is 1. The fourth-order valence-corrected chi connectivity index (χ4v) is 13.5. The first-order valence-electron chi connectivity index (χ1n) is 22.1. The zero-order chi connectivity index (χ0) is 54.5. The number of unbranched alkanes of at least 4 members (excludes halogenated alkanes) is 2. The van der Waals surface area contributed by atoms with E-state index in [4.69, 9.17) is 4.74 Å². The second kappa shape index (κ2) is 20.6. The summed E-state index contributed by atoms with van der Waals surface area (Å²) in [5.41, 5.74) is -0.239. The molecule has 0 radical (unpaired) electrons. The number of carbonyl (C=O) groups is 1. The number of hydrogen-bond acceptors (Lipinski definition) is 15. The van der Waals surface area contributed by atoms with Crippen molar-refractivity contribution in [3.63, 3.8) is 0 Å². The van der Waals surface area contributed by atoms with E-state index in [2.05, 4.69) is 0 Å². The molecule has 4 aromatic rings. The third-order valence-corrected chi connectivity index (χ3v) is 17.9. The molecule has 6 rings (SSSR count). The first kappa shape index (κ1) is 57.3. The molecule has 2 aliphatic heterocycles. The SMILES string of the molecule is COC(=O)CCCCCN1/C(=C/C=C/C=C/C2=[N+](CCCS(=O)(=O)O)c3ccc4c(S(=O)(=O)O)cc(S(=O)(=O)O)cc4c3C2(C)CCCS(=O)(=O)O)C(C)(C)c2c1ccc1c(S(=O)(=O)O)cc(S(=O)(=O)O)cc21. The van der Waals surface area contributed by atoms with Crippen molar-refractivity contribution >= 4 is 105 Å². The molecule has 1 atom stereocenters. The van der Waals surface area contributed by atoms with Crippen LogP contribution in [-0.2, 0) is 81.1 Å². The topological polar surface area (TPSA) is 359 Å². The highest BCUT2D eigenvalue weighted by Gasteiger charge is 2.49. The number of anilines is 1. The van der Waals surface area contributed by atoms with Crippen molar-refractivity contribution in [2.24, 2.45) is 0 Å². The average Bonchev–Trinajstić information content (AvgIpc) is 3.62. The number of rotatable bonds is 21. The van der Waals surface area contributed by atoms with Gasteiger partial charge in [-0.1, -0.05) is 44.6 Å². The van der Waals surface area contributed by atoms with Crippen LogP contribution in [0.2, 0.25) is 0 Å². The smallest absolute Gasteiger partial charge is 0.305 e. The van der Waals surface area contributed by atoms with Crippen LogP contribution in [0.5, 0.6) is 0 Å². The molecule has 0 amide bonds. The molecule has 1 unspecified atom stereocenters. The fourth-order valence-electron chi connectivity index (χ4n) is 9.79. The molecule has 2 heterocycles. The van der Waals surface area contributed by atoms with Gasteiger partial charge in [-0.05, 0) is 91.4 Å². The lowest BCUT2D eigenvalue weighted by Gasteiger charge is -2.27. The quantitative estimate of drug-likeness (QED) is 0.0188. The van der Waals surface area contributed by atoms with Crippen LogP contribution in [0.3, 0.4) is 0 Å². The number of esters is 1. The summed E-state index contributed by atoms with van der Waals surface area (Å²) in [4.78, 5) is 10.4. The van der Waals surface area contributed by atoms with E-state index in [1.807, 2.05) is 4.90 Å². The maximum atomic E-state index is 12.7. The minimum Gasteiger partial charge on any atom is -0.469 e. The number of ether oxygens (including phenoxy) is 1. The minimum atomic E-state index is -5.18. The molecule has 398 valence electrons.